The van der Waals surface area contributed by atoms with Crippen molar-refractivity contribution in [2.45, 2.75) is 25.8 Å². The van der Waals surface area contributed by atoms with Gasteiger partial charge in [0, 0.05) is 29.2 Å². The molecule has 3 heteroatoms. The van der Waals surface area contributed by atoms with Gasteiger partial charge in [0.05, 0.1) is 5.69 Å². The van der Waals surface area contributed by atoms with E-state index in [9.17, 15) is 0 Å². The highest BCUT2D eigenvalue weighted by Gasteiger charge is 2.19. The Bertz CT molecular complexity index is 506. The molecule has 0 aliphatic heterocycles. The molecule has 0 bridgehead atoms. The van der Waals surface area contributed by atoms with E-state index >= 15 is 0 Å². The molecule has 1 aromatic carbocycles. The van der Waals surface area contributed by atoms with E-state index in [0.717, 1.165) is 23.3 Å². The van der Waals surface area contributed by atoms with Crippen LogP contribution in [0.15, 0.2) is 53.1 Å². The number of benzene rings is 1. The predicted octanol–water partition coefficient (Wildman–Crippen LogP) is 3.91. The van der Waals surface area contributed by atoms with E-state index in [1.54, 1.807) is 0 Å². The van der Waals surface area contributed by atoms with Gasteiger partial charge in [-0.05, 0) is 33.6 Å². The molecule has 0 amide bonds. The SMILES string of the molecule is CC(C)(CNCc1ccc(Br)cn1)c1ccccc1. The van der Waals surface area contributed by atoms with Crippen LogP contribution in [0.2, 0.25) is 0 Å². The Balaban J connectivity index is 1.90. The highest BCUT2D eigenvalue weighted by atomic mass is 79.9. The second-order valence-electron chi connectivity index (χ2n) is 5.32. The molecule has 0 saturated heterocycles. The van der Waals surface area contributed by atoms with Crippen molar-refractivity contribution in [1.29, 1.82) is 0 Å². The molecule has 0 radical (unpaired) electrons. The van der Waals surface area contributed by atoms with Gasteiger partial charge in [0.1, 0.15) is 0 Å². The molecule has 1 aromatic heterocycles. The third-order valence-corrected chi connectivity index (χ3v) is 3.69. The summed E-state index contributed by atoms with van der Waals surface area (Å²) in [6.45, 7) is 6.23. The van der Waals surface area contributed by atoms with Crippen LogP contribution >= 0.6 is 15.9 Å². The molecule has 0 unspecified atom stereocenters. The van der Waals surface area contributed by atoms with Crippen molar-refractivity contribution in [2.75, 3.05) is 6.54 Å². The summed E-state index contributed by atoms with van der Waals surface area (Å²) in [6.07, 6.45) is 1.83. The summed E-state index contributed by atoms with van der Waals surface area (Å²) in [5.74, 6) is 0. The summed E-state index contributed by atoms with van der Waals surface area (Å²) in [5, 5.41) is 3.48. The molecular formula is C16H19BrN2. The van der Waals surface area contributed by atoms with Crippen LogP contribution in [0.3, 0.4) is 0 Å². The standard InChI is InChI=1S/C16H19BrN2/c1-16(2,13-6-4-3-5-7-13)12-18-11-15-9-8-14(17)10-19-15/h3-10,18H,11-12H2,1-2H3. The van der Waals surface area contributed by atoms with E-state index in [1.165, 1.54) is 5.56 Å². The summed E-state index contributed by atoms with van der Waals surface area (Å²) in [5.41, 5.74) is 2.54. The lowest BCUT2D eigenvalue weighted by Gasteiger charge is -2.25. The van der Waals surface area contributed by atoms with Crippen LogP contribution in [-0.2, 0) is 12.0 Å². The number of nitrogens with zero attached hydrogens (tertiary/aromatic N) is 1. The van der Waals surface area contributed by atoms with Crippen LogP contribution in [0, 0.1) is 0 Å². The smallest absolute Gasteiger partial charge is 0.0542 e. The normalized spacial score (nSPS) is 11.5. The minimum absolute atomic E-state index is 0.122. The molecule has 2 aromatic rings. The maximum Gasteiger partial charge on any atom is 0.0542 e. The number of nitrogens with one attached hydrogen (secondary N) is 1. The van der Waals surface area contributed by atoms with Gasteiger partial charge >= 0.3 is 0 Å². The lowest BCUT2D eigenvalue weighted by Crippen LogP contribution is -2.32. The maximum absolute atomic E-state index is 4.36. The number of rotatable bonds is 5. The number of aromatic nitrogens is 1. The summed E-state index contributed by atoms with van der Waals surface area (Å²) < 4.78 is 1.01. The van der Waals surface area contributed by atoms with Crippen molar-refractivity contribution < 1.29 is 0 Å². The van der Waals surface area contributed by atoms with E-state index in [2.05, 4.69) is 70.4 Å². The fourth-order valence-electron chi connectivity index (χ4n) is 2.01. The van der Waals surface area contributed by atoms with Crippen LogP contribution in [0.1, 0.15) is 25.1 Å². The van der Waals surface area contributed by atoms with Gasteiger partial charge in [0.15, 0.2) is 0 Å². The van der Waals surface area contributed by atoms with Crippen LogP contribution in [0.4, 0.5) is 0 Å². The minimum Gasteiger partial charge on any atom is -0.310 e. The Hall–Kier alpha value is -1.19. The van der Waals surface area contributed by atoms with E-state index in [-0.39, 0.29) is 5.41 Å². The first-order chi connectivity index (χ1) is 9.08. The summed E-state index contributed by atoms with van der Waals surface area (Å²) >= 11 is 3.39. The molecule has 0 saturated carbocycles. The molecule has 0 fully saturated rings. The third-order valence-electron chi connectivity index (χ3n) is 3.22. The van der Waals surface area contributed by atoms with E-state index in [0.29, 0.717) is 0 Å². The molecular weight excluding hydrogens is 300 g/mol. The fraction of sp³-hybridized carbons (Fsp3) is 0.312. The van der Waals surface area contributed by atoms with Crippen molar-refractivity contribution in [2.24, 2.45) is 0 Å². The average Bonchev–Trinajstić information content (AvgIpc) is 2.42. The molecule has 0 aliphatic rings. The van der Waals surface area contributed by atoms with Gasteiger partial charge in [-0.15, -0.1) is 0 Å². The fourth-order valence-corrected chi connectivity index (χ4v) is 2.24. The molecule has 100 valence electrons. The first kappa shape index (κ1) is 14.2. The Morgan fingerprint density at radius 3 is 2.47 bits per heavy atom. The van der Waals surface area contributed by atoms with Crippen LogP contribution < -0.4 is 5.32 Å². The molecule has 2 rings (SSSR count). The van der Waals surface area contributed by atoms with Crippen LogP contribution in [0.25, 0.3) is 0 Å². The molecule has 0 atom stereocenters. The maximum atomic E-state index is 4.36. The molecule has 1 N–H and O–H groups in total. The van der Waals surface area contributed by atoms with E-state index in [4.69, 9.17) is 0 Å². The average molecular weight is 319 g/mol. The summed E-state index contributed by atoms with van der Waals surface area (Å²) in [6, 6.07) is 14.7. The van der Waals surface area contributed by atoms with Gasteiger partial charge in [-0.2, -0.15) is 0 Å². The number of pyridine rings is 1. The molecule has 1 heterocycles. The largest absolute Gasteiger partial charge is 0.310 e. The lowest BCUT2D eigenvalue weighted by molar-refractivity contribution is 0.467. The molecule has 19 heavy (non-hydrogen) atoms. The summed E-state index contributed by atoms with van der Waals surface area (Å²) in [4.78, 5) is 4.36. The van der Waals surface area contributed by atoms with Gasteiger partial charge in [0.2, 0.25) is 0 Å². The number of hydrogen-bond donors (Lipinski definition) is 1. The Morgan fingerprint density at radius 1 is 1.11 bits per heavy atom. The highest BCUT2D eigenvalue weighted by molar-refractivity contribution is 9.10. The van der Waals surface area contributed by atoms with E-state index < -0.39 is 0 Å². The molecule has 0 spiro atoms. The minimum atomic E-state index is 0.122. The lowest BCUT2D eigenvalue weighted by atomic mass is 9.84. The predicted molar refractivity (Wildman–Crippen MR) is 83.1 cm³/mol. The van der Waals surface area contributed by atoms with Gasteiger partial charge in [0.25, 0.3) is 0 Å². The molecule has 2 nitrogen and oxygen atoms in total. The van der Waals surface area contributed by atoms with Crippen LogP contribution in [0.5, 0.6) is 0 Å². The monoisotopic (exact) mass is 318 g/mol. The Kier molecular flexibility index (Phi) is 4.72. The van der Waals surface area contributed by atoms with Crippen molar-refractivity contribution in [3.8, 4) is 0 Å². The topological polar surface area (TPSA) is 24.9 Å². The van der Waals surface area contributed by atoms with Gasteiger partial charge in [-0.1, -0.05) is 44.2 Å². The van der Waals surface area contributed by atoms with Crippen molar-refractivity contribution in [3.05, 3.63) is 64.4 Å². The zero-order valence-electron chi connectivity index (χ0n) is 11.4. The van der Waals surface area contributed by atoms with Gasteiger partial charge in [-0.3, -0.25) is 4.98 Å². The van der Waals surface area contributed by atoms with Crippen molar-refractivity contribution >= 4 is 15.9 Å². The number of halogens is 1. The summed E-state index contributed by atoms with van der Waals surface area (Å²) in [7, 11) is 0. The third kappa shape index (κ3) is 4.15. The Labute approximate surface area is 123 Å². The van der Waals surface area contributed by atoms with E-state index in [1.807, 2.05) is 18.3 Å². The zero-order chi connectivity index (χ0) is 13.7. The van der Waals surface area contributed by atoms with Gasteiger partial charge in [-0.25, -0.2) is 0 Å². The van der Waals surface area contributed by atoms with Gasteiger partial charge < -0.3 is 5.32 Å². The Morgan fingerprint density at radius 2 is 1.84 bits per heavy atom. The van der Waals surface area contributed by atoms with Crippen molar-refractivity contribution in [3.63, 3.8) is 0 Å². The first-order valence-corrected chi connectivity index (χ1v) is 7.24. The zero-order valence-corrected chi connectivity index (χ0v) is 12.9. The first-order valence-electron chi connectivity index (χ1n) is 6.45. The quantitative estimate of drug-likeness (QED) is 0.904. The molecule has 0 aliphatic carbocycles. The second-order valence-corrected chi connectivity index (χ2v) is 6.24. The van der Waals surface area contributed by atoms with Crippen molar-refractivity contribution in [1.82, 2.24) is 10.3 Å². The number of hydrogen-bond acceptors (Lipinski definition) is 2. The van der Waals surface area contributed by atoms with Crippen LogP contribution in [-0.4, -0.2) is 11.5 Å². The highest BCUT2D eigenvalue weighted by Crippen LogP contribution is 2.21. The second kappa shape index (κ2) is 6.31.